The molecule has 0 amide bonds. The summed E-state index contributed by atoms with van der Waals surface area (Å²) in [7, 11) is -0.446. The van der Waals surface area contributed by atoms with Crippen LogP contribution in [0.25, 0.3) is 0 Å². The molecule has 184 valence electrons. The zero-order chi connectivity index (χ0) is 24.9. The van der Waals surface area contributed by atoms with E-state index in [1.54, 1.807) is 0 Å². The summed E-state index contributed by atoms with van der Waals surface area (Å²) in [5.41, 5.74) is 5.32. The number of rotatable bonds is 3. The standard InChI is InChI=1S/C18H15P.2C8H10.ClH/c1-4-10-16(11-5-1)19(17-12-6-2-7-13-17)18-14-8-3-9-15-18;2*1-7-3-5-8(2)6-4-7;/h1-15H;2*3-6H,1-2H3;1H. The van der Waals surface area contributed by atoms with Gasteiger partial charge in [-0.25, -0.2) is 0 Å². The van der Waals surface area contributed by atoms with Crippen LogP contribution >= 0.6 is 20.3 Å². The molecule has 0 aromatic heterocycles. The summed E-state index contributed by atoms with van der Waals surface area (Å²) in [6.45, 7) is 8.39. The van der Waals surface area contributed by atoms with Gasteiger partial charge in [-0.15, -0.1) is 12.4 Å². The van der Waals surface area contributed by atoms with Gasteiger partial charge in [0.2, 0.25) is 0 Å². The molecule has 2 heteroatoms. The number of benzene rings is 5. The molecule has 5 aromatic rings. The molecule has 0 unspecified atom stereocenters. The molecule has 5 aromatic carbocycles. The molecule has 0 spiro atoms. The topological polar surface area (TPSA) is 0 Å². The first kappa shape index (κ1) is 29.1. The molecular weight excluding hydrogens is 475 g/mol. The summed E-state index contributed by atoms with van der Waals surface area (Å²) >= 11 is 0. The molecule has 0 atom stereocenters. The fraction of sp³-hybridized carbons (Fsp3) is 0.118. The average molecular weight is 511 g/mol. The Bertz CT molecular complexity index is 1050. The maximum Gasteiger partial charge on any atom is -0.0134 e. The van der Waals surface area contributed by atoms with Crippen LogP contribution in [0.15, 0.2) is 140 Å². The molecular formula is C34H36ClP. The van der Waals surface area contributed by atoms with Crippen molar-refractivity contribution < 1.29 is 0 Å². The fourth-order valence-corrected chi connectivity index (χ4v) is 5.76. The van der Waals surface area contributed by atoms with E-state index in [-0.39, 0.29) is 12.4 Å². The Kier molecular flexibility index (Phi) is 12.7. The Morgan fingerprint density at radius 1 is 0.306 bits per heavy atom. The Morgan fingerprint density at radius 2 is 0.500 bits per heavy atom. The lowest BCUT2D eigenvalue weighted by molar-refractivity contribution is 1.40. The third-order valence-electron chi connectivity index (χ3n) is 5.48. The van der Waals surface area contributed by atoms with Crippen molar-refractivity contribution in [2.45, 2.75) is 27.7 Å². The third-order valence-corrected chi connectivity index (χ3v) is 7.92. The molecule has 0 N–H and O–H groups in total. The van der Waals surface area contributed by atoms with Gasteiger partial charge in [-0.2, -0.15) is 0 Å². The summed E-state index contributed by atoms with van der Waals surface area (Å²) in [5.74, 6) is 0. The molecule has 0 bridgehead atoms. The number of hydrogen-bond donors (Lipinski definition) is 0. The van der Waals surface area contributed by atoms with Crippen molar-refractivity contribution in [1.29, 1.82) is 0 Å². The van der Waals surface area contributed by atoms with Gasteiger partial charge >= 0.3 is 0 Å². The molecule has 0 aliphatic heterocycles. The van der Waals surface area contributed by atoms with Crippen molar-refractivity contribution in [2.75, 3.05) is 0 Å². The van der Waals surface area contributed by atoms with Gasteiger partial charge in [-0.3, -0.25) is 0 Å². The molecule has 0 aliphatic rings. The fourth-order valence-electron chi connectivity index (χ4n) is 3.45. The molecule has 5 rings (SSSR count). The van der Waals surface area contributed by atoms with E-state index in [2.05, 4.69) is 167 Å². The largest absolute Gasteiger partial charge is 0.147 e. The molecule has 0 nitrogen and oxygen atoms in total. The van der Waals surface area contributed by atoms with Crippen molar-refractivity contribution in [3.8, 4) is 0 Å². The van der Waals surface area contributed by atoms with Gasteiger partial charge in [0.05, 0.1) is 0 Å². The van der Waals surface area contributed by atoms with Crippen molar-refractivity contribution in [1.82, 2.24) is 0 Å². The minimum Gasteiger partial charge on any atom is -0.147 e. The minimum absolute atomic E-state index is 0. The monoisotopic (exact) mass is 510 g/mol. The number of halogens is 1. The normalized spacial score (nSPS) is 9.69. The highest BCUT2D eigenvalue weighted by atomic mass is 35.5. The van der Waals surface area contributed by atoms with E-state index in [1.807, 2.05) is 0 Å². The molecule has 0 fully saturated rings. The van der Waals surface area contributed by atoms with Gasteiger partial charge in [0.15, 0.2) is 0 Å². The quantitative estimate of drug-likeness (QED) is 0.213. The van der Waals surface area contributed by atoms with Crippen LogP contribution in [0.3, 0.4) is 0 Å². The zero-order valence-electron chi connectivity index (χ0n) is 21.6. The first-order chi connectivity index (χ1) is 17.0. The summed E-state index contributed by atoms with van der Waals surface area (Å²) in [6, 6.07) is 49.3. The van der Waals surface area contributed by atoms with E-state index in [9.17, 15) is 0 Å². The van der Waals surface area contributed by atoms with E-state index >= 15 is 0 Å². The van der Waals surface area contributed by atoms with Crippen LogP contribution in [0.2, 0.25) is 0 Å². The lowest BCUT2D eigenvalue weighted by Crippen LogP contribution is -2.20. The van der Waals surface area contributed by atoms with E-state index in [0.717, 1.165) is 0 Å². The van der Waals surface area contributed by atoms with E-state index in [4.69, 9.17) is 0 Å². The highest BCUT2D eigenvalue weighted by molar-refractivity contribution is 7.79. The summed E-state index contributed by atoms with van der Waals surface area (Å²) in [5, 5.41) is 4.19. The molecule has 0 heterocycles. The smallest absolute Gasteiger partial charge is 0.0134 e. The number of aryl methyl sites for hydroxylation is 4. The van der Waals surface area contributed by atoms with Gasteiger partial charge in [0, 0.05) is 0 Å². The van der Waals surface area contributed by atoms with Crippen molar-refractivity contribution in [3.05, 3.63) is 162 Å². The Hall–Kier alpha value is -3.18. The van der Waals surface area contributed by atoms with E-state index in [1.165, 1.54) is 38.2 Å². The van der Waals surface area contributed by atoms with Crippen molar-refractivity contribution in [3.63, 3.8) is 0 Å². The van der Waals surface area contributed by atoms with Gasteiger partial charge in [-0.1, -0.05) is 162 Å². The maximum absolute atomic E-state index is 2.23. The first-order valence-electron chi connectivity index (χ1n) is 12.0. The third kappa shape index (κ3) is 9.82. The molecule has 36 heavy (non-hydrogen) atoms. The maximum atomic E-state index is 2.23. The van der Waals surface area contributed by atoms with Crippen LogP contribution in [-0.2, 0) is 0 Å². The highest BCUT2D eigenvalue weighted by Gasteiger charge is 2.14. The SMILES string of the molecule is Cc1ccc(C)cc1.Cc1ccc(C)cc1.Cl.c1ccc(P(c2ccccc2)c2ccccc2)cc1. The minimum atomic E-state index is -0.446. The van der Waals surface area contributed by atoms with Crippen LogP contribution in [0.4, 0.5) is 0 Å². The van der Waals surface area contributed by atoms with Crippen LogP contribution in [-0.4, -0.2) is 0 Å². The Morgan fingerprint density at radius 3 is 0.694 bits per heavy atom. The predicted molar refractivity (Wildman–Crippen MR) is 164 cm³/mol. The van der Waals surface area contributed by atoms with Crippen molar-refractivity contribution in [2.24, 2.45) is 0 Å². The van der Waals surface area contributed by atoms with Crippen LogP contribution in [0, 0.1) is 27.7 Å². The van der Waals surface area contributed by atoms with Gasteiger partial charge in [0.25, 0.3) is 0 Å². The molecule has 0 saturated carbocycles. The Labute approximate surface area is 225 Å². The summed E-state index contributed by atoms with van der Waals surface area (Å²) < 4.78 is 0. The predicted octanol–water partition coefficient (Wildman–Crippen LogP) is 8.47. The molecule has 0 radical (unpaired) electrons. The second-order valence-electron chi connectivity index (χ2n) is 8.65. The second kappa shape index (κ2) is 15.7. The summed E-state index contributed by atoms with van der Waals surface area (Å²) in [6.07, 6.45) is 0. The lowest BCUT2D eigenvalue weighted by Gasteiger charge is -2.18. The second-order valence-corrected chi connectivity index (χ2v) is 10.9. The van der Waals surface area contributed by atoms with Gasteiger partial charge in [0.1, 0.15) is 0 Å². The Balaban J connectivity index is 0.000000223. The van der Waals surface area contributed by atoms with Gasteiger partial charge < -0.3 is 0 Å². The van der Waals surface area contributed by atoms with Crippen molar-refractivity contribution >= 4 is 36.2 Å². The van der Waals surface area contributed by atoms with E-state index in [0.29, 0.717) is 0 Å². The molecule has 0 saturated heterocycles. The van der Waals surface area contributed by atoms with Crippen LogP contribution in [0.5, 0.6) is 0 Å². The lowest BCUT2D eigenvalue weighted by atomic mass is 10.2. The van der Waals surface area contributed by atoms with E-state index < -0.39 is 7.92 Å². The average Bonchev–Trinajstić information content (AvgIpc) is 2.90. The highest BCUT2D eigenvalue weighted by Crippen LogP contribution is 2.32. The first-order valence-corrected chi connectivity index (χ1v) is 13.4. The zero-order valence-corrected chi connectivity index (χ0v) is 23.3. The summed E-state index contributed by atoms with van der Waals surface area (Å²) in [4.78, 5) is 0. The van der Waals surface area contributed by atoms with Crippen LogP contribution in [0.1, 0.15) is 22.3 Å². The molecule has 0 aliphatic carbocycles. The number of hydrogen-bond acceptors (Lipinski definition) is 0. The van der Waals surface area contributed by atoms with Crippen LogP contribution < -0.4 is 15.9 Å². The van der Waals surface area contributed by atoms with Gasteiger partial charge in [-0.05, 0) is 51.5 Å².